The summed E-state index contributed by atoms with van der Waals surface area (Å²) in [6.45, 7) is 3.72. The zero-order chi connectivity index (χ0) is 17.2. The predicted molar refractivity (Wildman–Crippen MR) is 101 cm³/mol. The minimum Gasteiger partial charge on any atom is -0.871 e. The molecule has 8 heteroatoms. The molecule has 0 unspecified atom stereocenters. The van der Waals surface area contributed by atoms with Crippen LogP contribution in [0.4, 0.5) is 0 Å². The van der Waals surface area contributed by atoms with Gasteiger partial charge in [0, 0.05) is 29.2 Å². The maximum Gasteiger partial charge on any atom is 1.00 e. The smallest absolute Gasteiger partial charge is 0.871 e. The first-order chi connectivity index (χ1) is 11.4. The van der Waals surface area contributed by atoms with Crippen LogP contribution in [-0.4, -0.2) is 0 Å². The number of hydrogen-bond donors (Lipinski definition) is 0. The van der Waals surface area contributed by atoms with Gasteiger partial charge in [0.1, 0.15) is 0 Å². The van der Waals surface area contributed by atoms with Crippen molar-refractivity contribution in [2.24, 2.45) is 0 Å². The van der Waals surface area contributed by atoms with Gasteiger partial charge in [-0.2, -0.15) is 0 Å². The van der Waals surface area contributed by atoms with Gasteiger partial charge in [-0.05, 0) is 60.0 Å². The van der Waals surface area contributed by atoms with E-state index in [4.69, 9.17) is 23.2 Å². The minimum absolute atomic E-state index is 0. The van der Waals surface area contributed by atoms with Crippen LogP contribution < -0.4 is 69.3 Å². The largest absolute Gasteiger partial charge is 1.00 e. The number of rotatable bonds is 1. The molecule has 0 aliphatic carbocycles. The van der Waals surface area contributed by atoms with Crippen LogP contribution in [-0.2, 0) is 0 Å². The van der Waals surface area contributed by atoms with Crippen LogP contribution >= 0.6 is 45.9 Å². The first-order valence-electron chi connectivity index (χ1n) is 7.16. The van der Waals surface area contributed by atoms with E-state index in [2.05, 4.69) is 0 Å². The molecule has 0 bridgehead atoms. The fourth-order valence-corrected chi connectivity index (χ4v) is 6.21. The number of hydrogen-bond acceptors (Lipinski definition) is 4. The Hall–Kier alpha value is 0.540. The molecule has 0 atom stereocenters. The van der Waals surface area contributed by atoms with Crippen molar-refractivity contribution in [3.05, 3.63) is 45.4 Å². The van der Waals surface area contributed by atoms with E-state index in [9.17, 15) is 10.2 Å². The third-order valence-electron chi connectivity index (χ3n) is 4.03. The monoisotopic (exact) mass is 438 g/mol. The fourth-order valence-electron chi connectivity index (χ4n) is 3.01. The van der Waals surface area contributed by atoms with E-state index < -0.39 is 0 Å². The van der Waals surface area contributed by atoms with Crippen molar-refractivity contribution in [1.29, 1.82) is 0 Å². The number of thiophene rings is 2. The molecule has 0 saturated carbocycles. The summed E-state index contributed by atoms with van der Waals surface area (Å²) in [5.41, 5.74) is 1.66. The maximum absolute atomic E-state index is 12.9. The third kappa shape index (κ3) is 3.71. The summed E-state index contributed by atoms with van der Waals surface area (Å²) in [5, 5.41) is 28.2. The first kappa shape index (κ1) is 22.8. The second-order valence-electron chi connectivity index (χ2n) is 5.71. The second-order valence-corrected chi connectivity index (χ2v) is 8.69. The standard InChI is InChI=1S/C18H12Cl2O2S2.2Na/c1-7-3-9(19)5-11-13(7)15(21)17(23-11)18-16(22)14-8(2)4-10(20)6-12(14)24-18;;/h3-6,21-22H,1-2H3;;/q;2*+1/p-2. The first-order valence-corrected chi connectivity index (χ1v) is 9.55. The van der Waals surface area contributed by atoms with Crippen molar-refractivity contribution in [3.63, 3.8) is 0 Å². The zero-order valence-electron chi connectivity index (χ0n) is 14.7. The van der Waals surface area contributed by atoms with Crippen molar-refractivity contribution < 1.29 is 69.3 Å². The second kappa shape index (κ2) is 8.50. The normalized spacial score (nSPS) is 10.8. The molecule has 0 spiro atoms. The van der Waals surface area contributed by atoms with Crippen molar-refractivity contribution in [2.75, 3.05) is 0 Å². The topological polar surface area (TPSA) is 46.1 Å². The molecule has 2 aromatic heterocycles. The predicted octanol–water partition coefficient (Wildman–Crippen LogP) is -0.138. The SMILES string of the molecule is Cc1cc(Cl)cc2sc(-c3sc4cc(Cl)cc(C)c4c3[O-])c([O-])c12.[Na+].[Na+]. The Bertz CT molecular complexity index is 1050. The Kier molecular flexibility index (Phi) is 7.46. The van der Waals surface area contributed by atoms with E-state index in [1.165, 1.54) is 22.7 Å². The molecule has 0 saturated heterocycles. The summed E-state index contributed by atoms with van der Waals surface area (Å²) in [5.74, 6) is -0.201. The van der Waals surface area contributed by atoms with Crippen molar-refractivity contribution in [1.82, 2.24) is 0 Å². The van der Waals surface area contributed by atoms with Crippen molar-refractivity contribution in [2.45, 2.75) is 13.8 Å². The van der Waals surface area contributed by atoms with Crippen LogP contribution in [0.3, 0.4) is 0 Å². The average molecular weight is 439 g/mol. The molecular formula is C18H10Cl2Na2O2S2. The van der Waals surface area contributed by atoms with E-state index in [0.717, 1.165) is 20.5 Å². The van der Waals surface area contributed by atoms with Crippen molar-refractivity contribution in [3.8, 4) is 21.3 Å². The van der Waals surface area contributed by atoms with Gasteiger partial charge in [-0.3, -0.25) is 0 Å². The van der Waals surface area contributed by atoms with Crippen molar-refractivity contribution >= 4 is 66.0 Å². The summed E-state index contributed by atoms with van der Waals surface area (Å²) in [6.07, 6.45) is 0. The van der Waals surface area contributed by atoms with Crippen LogP contribution in [0, 0.1) is 13.8 Å². The maximum atomic E-state index is 12.9. The summed E-state index contributed by atoms with van der Waals surface area (Å²) in [7, 11) is 0. The number of fused-ring (bicyclic) bond motifs is 2. The number of halogens is 2. The van der Waals surface area contributed by atoms with Gasteiger partial charge in [0.15, 0.2) is 0 Å². The summed E-state index contributed by atoms with van der Waals surface area (Å²) >= 11 is 14.8. The Morgan fingerprint density at radius 3 is 1.38 bits per heavy atom. The van der Waals surface area contributed by atoms with E-state index >= 15 is 0 Å². The molecule has 2 nitrogen and oxygen atoms in total. The van der Waals surface area contributed by atoms with E-state index in [0.29, 0.717) is 30.6 Å². The molecule has 2 aromatic carbocycles. The molecule has 4 aromatic rings. The molecular weight excluding hydrogens is 429 g/mol. The molecule has 122 valence electrons. The Balaban J connectivity index is 0.00000121. The molecule has 0 fully saturated rings. The van der Waals surface area contributed by atoms with Crippen LogP contribution in [0.1, 0.15) is 11.1 Å². The molecule has 0 N–H and O–H groups in total. The average Bonchev–Trinajstić information content (AvgIpc) is 2.96. The number of aryl methyl sites for hydroxylation is 2. The Labute approximate surface area is 213 Å². The van der Waals surface area contributed by atoms with E-state index in [-0.39, 0.29) is 70.6 Å². The quantitative estimate of drug-likeness (QED) is 0.388. The van der Waals surface area contributed by atoms with Gasteiger partial charge >= 0.3 is 59.1 Å². The van der Waals surface area contributed by atoms with Gasteiger partial charge in [0.25, 0.3) is 0 Å². The van der Waals surface area contributed by atoms with Gasteiger partial charge in [-0.1, -0.05) is 34.7 Å². The van der Waals surface area contributed by atoms with Gasteiger partial charge < -0.3 is 10.2 Å². The van der Waals surface area contributed by atoms with E-state index in [1.54, 1.807) is 24.3 Å². The van der Waals surface area contributed by atoms with Gasteiger partial charge in [-0.25, -0.2) is 0 Å². The van der Waals surface area contributed by atoms with Crippen LogP contribution in [0.25, 0.3) is 29.9 Å². The van der Waals surface area contributed by atoms with Gasteiger partial charge in [-0.15, -0.1) is 22.7 Å². The summed E-state index contributed by atoms with van der Waals surface area (Å²) < 4.78 is 1.62. The molecule has 2 heterocycles. The molecule has 0 amide bonds. The van der Waals surface area contributed by atoms with E-state index in [1.807, 2.05) is 13.8 Å². The molecule has 4 rings (SSSR count). The Morgan fingerprint density at radius 2 is 1.04 bits per heavy atom. The summed E-state index contributed by atoms with van der Waals surface area (Å²) in [6, 6.07) is 7.10. The van der Waals surface area contributed by atoms with Crippen LogP contribution in [0.5, 0.6) is 11.5 Å². The molecule has 0 aliphatic rings. The molecule has 0 aliphatic heterocycles. The third-order valence-corrected chi connectivity index (χ3v) is 6.86. The minimum atomic E-state index is -0.100. The van der Waals surface area contributed by atoms with Crippen LogP contribution in [0.2, 0.25) is 10.0 Å². The van der Waals surface area contributed by atoms with Gasteiger partial charge in [0.05, 0.1) is 0 Å². The van der Waals surface area contributed by atoms with Crippen LogP contribution in [0.15, 0.2) is 24.3 Å². The number of benzene rings is 2. The fraction of sp³-hybridized carbons (Fsp3) is 0.111. The zero-order valence-corrected chi connectivity index (χ0v) is 21.8. The van der Waals surface area contributed by atoms with Gasteiger partial charge in [0.2, 0.25) is 0 Å². The molecule has 26 heavy (non-hydrogen) atoms. The summed E-state index contributed by atoms with van der Waals surface area (Å²) in [4.78, 5) is 0.967. The Morgan fingerprint density at radius 1 is 0.692 bits per heavy atom. The molecule has 0 radical (unpaired) electrons.